The normalized spacial score (nSPS) is 14.7. The van der Waals surface area contributed by atoms with E-state index in [1.165, 1.54) is 0 Å². The number of ether oxygens (including phenoxy) is 3. The van der Waals surface area contributed by atoms with Gasteiger partial charge in [0.2, 0.25) is 5.88 Å². The lowest BCUT2D eigenvalue weighted by atomic mass is 9.84. The van der Waals surface area contributed by atoms with Crippen LogP contribution in [0.2, 0.25) is 0 Å². The highest BCUT2D eigenvalue weighted by Gasteiger charge is 2.35. The van der Waals surface area contributed by atoms with Gasteiger partial charge in [-0.3, -0.25) is 4.79 Å². The molecule has 0 radical (unpaired) electrons. The summed E-state index contributed by atoms with van der Waals surface area (Å²) in [7, 11) is 1.55. The number of hydrogen-bond acceptors (Lipinski definition) is 6. The minimum Gasteiger partial charge on any atom is -0.493 e. The van der Waals surface area contributed by atoms with Gasteiger partial charge in [-0.1, -0.05) is 35.9 Å². The van der Waals surface area contributed by atoms with E-state index < -0.39 is 5.92 Å². The first-order chi connectivity index (χ1) is 16.4. The van der Waals surface area contributed by atoms with Crippen molar-refractivity contribution in [3.8, 4) is 23.3 Å². The van der Waals surface area contributed by atoms with Crippen LogP contribution in [0.25, 0.3) is 0 Å². The Hall–Kier alpha value is -4.18. The van der Waals surface area contributed by atoms with E-state index in [1.54, 1.807) is 29.9 Å². The molecule has 7 heteroatoms. The molecule has 0 saturated carbocycles. The first-order valence-electron chi connectivity index (χ1n) is 11.1. The molecule has 1 aromatic heterocycles. The Labute approximate surface area is 198 Å². The van der Waals surface area contributed by atoms with Gasteiger partial charge < -0.3 is 24.5 Å². The zero-order chi connectivity index (χ0) is 24.4. The van der Waals surface area contributed by atoms with Gasteiger partial charge in [-0.25, -0.2) is 0 Å². The average Bonchev–Trinajstić information content (AvgIpc) is 2.82. The molecule has 34 heavy (non-hydrogen) atoms. The molecule has 0 bridgehead atoms. The van der Waals surface area contributed by atoms with Gasteiger partial charge in [-0.2, -0.15) is 5.26 Å². The van der Waals surface area contributed by atoms with Gasteiger partial charge in [0.25, 0.3) is 5.56 Å². The smallest absolute Gasteiger partial charge is 0.259 e. The molecule has 1 aliphatic heterocycles. The number of fused-ring (bicyclic) bond motifs is 1. The summed E-state index contributed by atoms with van der Waals surface area (Å²) in [5, 5.41) is 9.93. The van der Waals surface area contributed by atoms with Gasteiger partial charge in [-0.05, 0) is 44.0 Å². The van der Waals surface area contributed by atoms with Gasteiger partial charge in [0, 0.05) is 11.8 Å². The second-order valence-electron chi connectivity index (χ2n) is 8.21. The van der Waals surface area contributed by atoms with Crippen LogP contribution in [0.15, 0.2) is 64.8 Å². The fraction of sp³-hybridized carbons (Fsp3) is 0.259. The van der Waals surface area contributed by atoms with Gasteiger partial charge in [-0.15, -0.1) is 0 Å². The zero-order valence-electron chi connectivity index (χ0n) is 19.7. The molecule has 0 aliphatic carbocycles. The molecule has 2 N–H and O–H groups in total. The fourth-order valence-corrected chi connectivity index (χ4v) is 4.23. The summed E-state index contributed by atoms with van der Waals surface area (Å²) in [5.41, 5.74) is 10.0. The van der Waals surface area contributed by atoms with Crippen LogP contribution in [0.1, 0.15) is 40.8 Å². The van der Waals surface area contributed by atoms with Crippen molar-refractivity contribution in [3.05, 3.63) is 98.3 Å². The molecule has 3 aromatic rings. The quantitative estimate of drug-likeness (QED) is 0.597. The standard InChI is InChI=1S/C27H27N3O4/c1-5-33-21-11-10-19(13-22(21)32-4)24-20(14-28)26(29)34-23-12-17(3)30(27(31)25(23)24)15-18-8-6-16(2)7-9-18/h6-13,24H,5,15,29H2,1-4H3. The summed E-state index contributed by atoms with van der Waals surface area (Å²) in [6, 6.07) is 17.4. The predicted molar refractivity (Wildman–Crippen MR) is 129 cm³/mol. The molecule has 2 heterocycles. The third-order valence-corrected chi connectivity index (χ3v) is 5.97. The van der Waals surface area contributed by atoms with E-state index in [2.05, 4.69) is 6.07 Å². The molecule has 2 aromatic carbocycles. The van der Waals surface area contributed by atoms with Crippen LogP contribution in [-0.2, 0) is 6.54 Å². The maximum absolute atomic E-state index is 13.8. The van der Waals surface area contributed by atoms with Gasteiger partial charge in [0.1, 0.15) is 17.4 Å². The molecule has 7 nitrogen and oxygen atoms in total. The largest absolute Gasteiger partial charge is 0.493 e. The number of aromatic nitrogens is 1. The van der Waals surface area contributed by atoms with E-state index in [9.17, 15) is 10.1 Å². The predicted octanol–water partition coefficient (Wildman–Crippen LogP) is 4.14. The lowest BCUT2D eigenvalue weighted by Gasteiger charge is -2.28. The Kier molecular flexibility index (Phi) is 6.33. The number of aryl methyl sites for hydroxylation is 2. The number of nitriles is 1. The topological polar surface area (TPSA) is 99.5 Å². The number of nitrogens with zero attached hydrogens (tertiary/aromatic N) is 2. The molecule has 0 amide bonds. The van der Waals surface area contributed by atoms with Crippen LogP contribution in [0.5, 0.6) is 17.2 Å². The number of methoxy groups -OCH3 is 1. The average molecular weight is 458 g/mol. The molecule has 1 atom stereocenters. The van der Waals surface area contributed by atoms with Crippen molar-refractivity contribution in [3.63, 3.8) is 0 Å². The summed E-state index contributed by atoms with van der Waals surface area (Å²) in [6.45, 7) is 6.65. The Morgan fingerprint density at radius 3 is 2.50 bits per heavy atom. The van der Waals surface area contributed by atoms with E-state index in [-0.39, 0.29) is 17.0 Å². The maximum atomic E-state index is 13.8. The van der Waals surface area contributed by atoms with Crippen LogP contribution in [0, 0.1) is 25.2 Å². The van der Waals surface area contributed by atoms with Crippen LogP contribution < -0.4 is 25.5 Å². The minimum absolute atomic E-state index is 0.0112. The molecule has 0 fully saturated rings. The highest BCUT2D eigenvalue weighted by atomic mass is 16.5. The van der Waals surface area contributed by atoms with Gasteiger partial charge in [0.05, 0.1) is 31.7 Å². The molecule has 0 spiro atoms. The molecular weight excluding hydrogens is 430 g/mol. The van der Waals surface area contributed by atoms with E-state index in [0.717, 1.165) is 16.8 Å². The Morgan fingerprint density at radius 2 is 1.85 bits per heavy atom. The van der Waals surface area contributed by atoms with Crippen LogP contribution in [-0.4, -0.2) is 18.3 Å². The Balaban J connectivity index is 1.90. The number of rotatable bonds is 6. The molecular formula is C27H27N3O4. The van der Waals surface area contributed by atoms with Crippen molar-refractivity contribution in [2.24, 2.45) is 5.73 Å². The van der Waals surface area contributed by atoms with Crippen molar-refractivity contribution in [1.82, 2.24) is 4.57 Å². The van der Waals surface area contributed by atoms with Crippen molar-refractivity contribution < 1.29 is 14.2 Å². The van der Waals surface area contributed by atoms with Gasteiger partial charge >= 0.3 is 0 Å². The summed E-state index contributed by atoms with van der Waals surface area (Å²) < 4.78 is 18.6. The third-order valence-electron chi connectivity index (χ3n) is 5.97. The Bertz CT molecular complexity index is 1360. The van der Waals surface area contributed by atoms with Crippen molar-refractivity contribution in [2.45, 2.75) is 33.2 Å². The lowest BCUT2D eigenvalue weighted by Crippen LogP contribution is -2.33. The van der Waals surface area contributed by atoms with E-state index >= 15 is 0 Å². The Morgan fingerprint density at radius 1 is 1.12 bits per heavy atom. The molecule has 1 unspecified atom stereocenters. The van der Waals surface area contributed by atoms with E-state index in [4.69, 9.17) is 19.9 Å². The number of allylic oxidation sites excluding steroid dienone is 1. The molecule has 4 rings (SSSR count). The summed E-state index contributed by atoms with van der Waals surface area (Å²) in [4.78, 5) is 13.8. The number of benzene rings is 2. The van der Waals surface area contributed by atoms with Crippen LogP contribution in [0.3, 0.4) is 0 Å². The number of hydrogen-bond donors (Lipinski definition) is 1. The SMILES string of the molecule is CCOc1ccc(C2C(C#N)=C(N)Oc3cc(C)n(Cc4ccc(C)cc4)c(=O)c32)cc1OC. The van der Waals surface area contributed by atoms with Crippen molar-refractivity contribution >= 4 is 0 Å². The summed E-state index contributed by atoms with van der Waals surface area (Å²) in [5.74, 6) is 0.739. The first kappa shape index (κ1) is 23.0. The molecule has 174 valence electrons. The van der Waals surface area contributed by atoms with E-state index in [1.807, 2.05) is 51.1 Å². The number of nitrogens with two attached hydrogens (primary N) is 1. The molecule has 0 saturated heterocycles. The fourth-order valence-electron chi connectivity index (χ4n) is 4.23. The monoisotopic (exact) mass is 457 g/mol. The van der Waals surface area contributed by atoms with Crippen molar-refractivity contribution in [1.29, 1.82) is 5.26 Å². The highest BCUT2D eigenvalue weighted by Crippen LogP contribution is 2.42. The van der Waals surface area contributed by atoms with E-state index in [0.29, 0.717) is 41.5 Å². The summed E-state index contributed by atoms with van der Waals surface area (Å²) >= 11 is 0. The minimum atomic E-state index is -0.698. The lowest BCUT2D eigenvalue weighted by molar-refractivity contribution is 0.310. The first-order valence-corrected chi connectivity index (χ1v) is 11.1. The van der Waals surface area contributed by atoms with Crippen LogP contribution in [0.4, 0.5) is 0 Å². The summed E-state index contributed by atoms with van der Waals surface area (Å²) in [6.07, 6.45) is 0. The highest BCUT2D eigenvalue weighted by molar-refractivity contribution is 5.57. The third kappa shape index (κ3) is 4.11. The van der Waals surface area contributed by atoms with Gasteiger partial charge in [0.15, 0.2) is 11.5 Å². The number of pyridine rings is 1. The second kappa shape index (κ2) is 9.36. The molecule has 1 aliphatic rings. The zero-order valence-corrected chi connectivity index (χ0v) is 19.7. The maximum Gasteiger partial charge on any atom is 0.259 e. The van der Waals surface area contributed by atoms with Crippen LogP contribution >= 0.6 is 0 Å². The van der Waals surface area contributed by atoms with Crippen molar-refractivity contribution in [2.75, 3.05) is 13.7 Å². The second-order valence-corrected chi connectivity index (χ2v) is 8.21.